The fraction of sp³-hybridized carbons (Fsp3) is 0.627. The van der Waals surface area contributed by atoms with E-state index in [1.165, 1.54) is 32.0 Å². The lowest BCUT2D eigenvalue weighted by Gasteiger charge is -2.27. The Morgan fingerprint density at radius 2 is 1.07 bits per heavy atom. The number of amides is 1. The van der Waals surface area contributed by atoms with Crippen LogP contribution < -0.4 is 20.5 Å². The van der Waals surface area contributed by atoms with E-state index in [-0.39, 0.29) is 18.9 Å². The Morgan fingerprint density at radius 3 is 1.56 bits per heavy atom. The van der Waals surface area contributed by atoms with E-state index in [9.17, 15) is 9.59 Å². The zero-order valence-corrected chi connectivity index (χ0v) is 42.6. The molecule has 71 heavy (non-hydrogen) atoms. The summed E-state index contributed by atoms with van der Waals surface area (Å²) >= 11 is 1.74. The van der Waals surface area contributed by atoms with Crippen molar-refractivity contribution in [3.63, 3.8) is 0 Å². The minimum atomic E-state index is -0.878. The molecule has 4 rings (SSSR count). The number of nitrogens with two attached hydrogens (primary N) is 1. The molecule has 3 aromatic rings. The smallest absolute Gasteiger partial charge is 0.305 e. The number of aliphatic carboxylic acids is 1. The molecule has 0 atom stereocenters. The molecule has 0 unspecified atom stereocenters. The molecule has 0 aliphatic carbocycles. The maximum absolute atomic E-state index is 12.4. The SMILES string of the molecule is C[n+]1c(/C=C2\C=CN(CCCCCC(=O)NCCOCCOCCOCCOCCOCCOCCOCCOCCOCCOCCOCCOCCC(=O)O)c3ccccc32)sc2cc(N)ccc21. The van der Waals surface area contributed by atoms with Crippen LogP contribution in [0.5, 0.6) is 0 Å². The number of fused-ring (bicyclic) bond motifs is 2. The van der Waals surface area contributed by atoms with Crippen LogP contribution >= 0.6 is 11.3 Å². The van der Waals surface area contributed by atoms with Crippen LogP contribution in [-0.4, -0.2) is 189 Å². The molecule has 2 heterocycles. The summed E-state index contributed by atoms with van der Waals surface area (Å²) in [5, 5.41) is 12.6. The first-order valence-corrected chi connectivity index (χ1v) is 25.6. The molecule has 0 saturated carbocycles. The molecule has 1 amide bonds. The first-order valence-electron chi connectivity index (χ1n) is 24.8. The van der Waals surface area contributed by atoms with Crippen molar-refractivity contribution in [2.45, 2.75) is 32.1 Å². The molecule has 0 fully saturated rings. The summed E-state index contributed by atoms with van der Waals surface area (Å²) in [6.07, 6.45) is 9.90. The van der Waals surface area contributed by atoms with Crippen molar-refractivity contribution >= 4 is 56.5 Å². The van der Waals surface area contributed by atoms with E-state index in [0.29, 0.717) is 165 Å². The number of carbonyl (C=O) groups excluding carboxylic acids is 1. The van der Waals surface area contributed by atoms with Gasteiger partial charge in [0.2, 0.25) is 11.4 Å². The maximum atomic E-state index is 12.4. The molecule has 4 N–H and O–H groups in total. The van der Waals surface area contributed by atoms with Crippen molar-refractivity contribution in [2.24, 2.45) is 7.05 Å². The number of ether oxygens (including phenoxy) is 12. The highest BCUT2D eigenvalue weighted by Crippen LogP contribution is 2.35. The Kier molecular flexibility index (Phi) is 33.0. The molecule has 0 bridgehead atoms. The number of hydrogen-bond acceptors (Lipinski definition) is 17. The number of allylic oxidation sites excluding steroid dienone is 2. The van der Waals surface area contributed by atoms with Crippen molar-refractivity contribution in [1.82, 2.24) is 5.32 Å². The Balaban J connectivity index is 0.809. The number of nitrogens with zero attached hydrogens (tertiary/aromatic N) is 2. The van der Waals surface area contributed by atoms with Crippen LogP contribution in [0.4, 0.5) is 11.4 Å². The van der Waals surface area contributed by atoms with Crippen LogP contribution in [0.1, 0.15) is 42.7 Å². The average molecular weight is 1020 g/mol. The average Bonchev–Trinajstić information content (AvgIpc) is 3.67. The lowest BCUT2D eigenvalue weighted by molar-refractivity contribution is -0.642. The van der Waals surface area contributed by atoms with Crippen LogP contribution in [-0.2, 0) is 73.5 Å². The van der Waals surface area contributed by atoms with E-state index in [1.54, 1.807) is 11.3 Å². The number of hydrogen-bond donors (Lipinski definition) is 3. The van der Waals surface area contributed by atoms with Gasteiger partial charge in [-0.3, -0.25) is 9.59 Å². The number of carboxylic acids is 1. The van der Waals surface area contributed by atoms with E-state index >= 15 is 0 Å². The molecule has 0 saturated heterocycles. The van der Waals surface area contributed by atoms with Crippen molar-refractivity contribution in [3.8, 4) is 0 Å². The van der Waals surface area contributed by atoms with Crippen LogP contribution in [0.15, 0.2) is 54.7 Å². The zero-order valence-electron chi connectivity index (χ0n) is 41.7. The summed E-state index contributed by atoms with van der Waals surface area (Å²) in [6, 6.07) is 14.6. The Bertz CT molecular complexity index is 1940. The normalized spacial score (nSPS) is 12.9. The number of para-hydroxylation sites is 1. The van der Waals surface area contributed by atoms with Gasteiger partial charge in [0.25, 0.3) is 5.01 Å². The highest BCUT2D eigenvalue weighted by atomic mass is 32.1. The second-order valence-electron chi connectivity index (χ2n) is 16.0. The number of aromatic nitrogens is 1. The summed E-state index contributed by atoms with van der Waals surface area (Å²) in [5.41, 5.74) is 11.6. The minimum absolute atomic E-state index is 0.00854. The third-order valence-corrected chi connectivity index (χ3v) is 11.7. The number of nitrogens with one attached hydrogen (secondary N) is 1. The fourth-order valence-corrected chi connectivity index (χ4v) is 8.01. The van der Waals surface area contributed by atoms with Gasteiger partial charge in [0, 0.05) is 54.8 Å². The van der Waals surface area contributed by atoms with E-state index < -0.39 is 5.97 Å². The topological polar surface area (TPSA) is 210 Å². The molecule has 1 aliphatic rings. The van der Waals surface area contributed by atoms with Gasteiger partial charge >= 0.3 is 5.97 Å². The van der Waals surface area contributed by atoms with Gasteiger partial charge in [0.05, 0.1) is 165 Å². The molecular weight excluding hydrogens is 941 g/mol. The number of anilines is 2. The minimum Gasteiger partial charge on any atom is -0.481 e. The maximum Gasteiger partial charge on any atom is 0.305 e. The summed E-state index contributed by atoms with van der Waals surface area (Å²) < 4.78 is 68.9. The number of nitrogen functional groups attached to an aromatic ring is 1. The van der Waals surface area contributed by atoms with Gasteiger partial charge < -0.3 is 77.9 Å². The monoisotopic (exact) mass is 1020 g/mol. The summed E-state index contributed by atoms with van der Waals surface area (Å²) in [5.74, 6) is -0.829. The third kappa shape index (κ3) is 27.5. The molecule has 20 heteroatoms. The van der Waals surface area contributed by atoms with Gasteiger partial charge in [-0.25, -0.2) is 0 Å². The second kappa shape index (κ2) is 39.4. The lowest BCUT2D eigenvalue weighted by atomic mass is 9.99. The fourth-order valence-electron chi connectivity index (χ4n) is 6.85. The summed E-state index contributed by atoms with van der Waals surface area (Å²) in [4.78, 5) is 25.1. The highest BCUT2D eigenvalue weighted by molar-refractivity contribution is 7.19. The molecule has 2 aromatic carbocycles. The highest BCUT2D eigenvalue weighted by Gasteiger charge is 2.20. The van der Waals surface area contributed by atoms with Crippen molar-refractivity contribution in [1.29, 1.82) is 0 Å². The van der Waals surface area contributed by atoms with Gasteiger partial charge in [0.1, 0.15) is 11.7 Å². The van der Waals surface area contributed by atoms with E-state index in [4.69, 9.17) is 67.7 Å². The number of thiazole rings is 1. The number of aryl methyl sites for hydroxylation is 1. The zero-order chi connectivity index (χ0) is 50.2. The van der Waals surface area contributed by atoms with Gasteiger partial charge in [0.15, 0.2) is 0 Å². The van der Waals surface area contributed by atoms with Gasteiger partial charge in [-0.05, 0) is 42.7 Å². The van der Waals surface area contributed by atoms with Crippen molar-refractivity contribution < 1.29 is 76.1 Å². The van der Waals surface area contributed by atoms with Crippen molar-refractivity contribution in [2.75, 3.05) is 182 Å². The first-order chi connectivity index (χ1) is 34.9. The molecule has 19 nitrogen and oxygen atoms in total. The third-order valence-electron chi connectivity index (χ3n) is 10.6. The van der Waals surface area contributed by atoms with E-state index in [2.05, 4.69) is 70.5 Å². The standard InChI is InChI=1S/C51H78N4O15S/c1-54-47-11-10-44(52)42-48(47)71-50(54)41-43-12-16-55(46-8-5-4-7-45(43)46)15-6-2-3-9-49(56)53-14-18-60-20-22-62-24-26-64-28-30-66-32-34-68-36-38-70-40-39-69-37-35-67-33-31-65-29-27-63-25-23-61-21-19-59-17-13-51(57)58/h4-5,7-8,10-12,16,41-42H,2-3,6,9,13-15,17-40,52H2,1H3,(H-,53,56,57,58)/p+1. The molecule has 1 aliphatic heterocycles. The van der Waals surface area contributed by atoms with E-state index in [1.807, 2.05) is 12.1 Å². The number of carbonyl (C=O) groups is 2. The van der Waals surface area contributed by atoms with Crippen LogP contribution in [0.2, 0.25) is 0 Å². The van der Waals surface area contributed by atoms with Gasteiger partial charge in [-0.1, -0.05) is 36.0 Å². The predicted octanol–water partition coefficient (Wildman–Crippen LogP) is 4.53. The van der Waals surface area contributed by atoms with Crippen LogP contribution in [0.25, 0.3) is 21.9 Å². The number of carboxylic acid groups (broad SMARTS) is 1. The molecule has 0 radical (unpaired) electrons. The van der Waals surface area contributed by atoms with E-state index in [0.717, 1.165) is 31.5 Å². The van der Waals surface area contributed by atoms with Crippen LogP contribution in [0.3, 0.4) is 0 Å². The van der Waals surface area contributed by atoms with Crippen molar-refractivity contribution in [3.05, 3.63) is 65.3 Å². The Morgan fingerprint density at radius 1 is 0.606 bits per heavy atom. The number of benzene rings is 2. The first kappa shape index (κ1) is 59.4. The Labute approximate surface area is 423 Å². The second-order valence-corrected chi connectivity index (χ2v) is 17.1. The van der Waals surface area contributed by atoms with Crippen LogP contribution in [0, 0.1) is 0 Å². The molecule has 1 aromatic heterocycles. The molecule has 0 spiro atoms. The predicted molar refractivity (Wildman–Crippen MR) is 272 cm³/mol. The lowest BCUT2D eigenvalue weighted by Crippen LogP contribution is -2.29. The molecule has 398 valence electrons. The summed E-state index contributed by atoms with van der Waals surface area (Å²) in [7, 11) is 2.09. The number of unbranched alkanes of at least 4 members (excludes halogenated alkanes) is 2. The van der Waals surface area contributed by atoms with Gasteiger partial charge in [-0.15, -0.1) is 0 Å². The van der Waals surface area contributed by atoms with Gasteiger partial charge in [-0.2, -0.15) is 4.57 Å². The number of rotatable bonds is 46. The quantitative estimate of drug-likeness (QED) is 0.0403. The summed E-state index contributed by atoms with van der Waals surface area (Å²) in [6.45, 7) is 12.1. The molecular formula is C51H79N4O15S+. The Hall–Kier alpha value is -4.13. The largest absolute Gasteiger partial charge is 0.481 e.